The Morgan fingerprint density at radius 2 is 2.41 bits per heavy atom. The third-order valence-electron chi connectivity index (χ3n) is 2.71. The zero-order valence-electron chi connectivity index (χ0n) is 9.78. The van der Waals surface area contributed by atoms with Gasteiger partial charge in [0.2, 0.25) is 0 Å². The van der Waals surface area contributed by atoms with Crippen LogP contribution in [0.5, 0.6) is 5.75 Å². The molecule has 1 N–H and O–H groups in total. The predicted molar refractivity (Wildman–Crippen MR) is 69.7 cm³/mol. The first-order chi connectivity index (χ1) is 8.29. The van der Waals surface area contributed by atoms with E-state index in [4.69, 9.17) is 21.1 Å². The Bertz CT molecular complexity index is 406. The molecule has 0 amide bonds. The molecule has 1 atom stereocenters. The maximum Gasteiger partial charge on any atom is 0.137 e. The highest BCUT2D eigenvalue weighted by atomic mass is 35.5. The van der Waals surface area contributed by atoms with Crippen molar-refractivity contribution < 1.29 is 9.47 Å². The van der Waals surface area contributed by atoms with Gasteiger partial charge >= 0.3 is 0 Å². The lowest BCUT2D eigenvalue weighted by molar-refractivity contribution is 0.135. The molecule has 0 bridgehead atoms. The number of ether oxygens (including phenoxy) is 2. The average molecular weight is 254 g/mol. The van der Waals surface area contributed by atoms with E-state index < -0.39 is 0 Å². The van der Waals surface area contributed by atoms with E-state index in [0.29, 0.717) is 10.8 Å². The Labute approximate surface area is 106 Å². The summed E-state index contributed by atoms with van der Waals surface area (Å²) in [6.45, 7) is 0.785. The second-order valence-corrected chi connectivity index (χ2v) is 4.34. The van der Waals surface area contributed by atoms with Gasteiger partial charge in [-0.25, -0.2) is 0 Å². The van der Waals surface area contributed by atoms with Gasteiger partial charge in [0.1, 0.15) is 11.9 Å². The Balaban J connectivity index is 1.90. The predicted octanol–water partition coefficient (Wildman–Crippen LogP) is 3.45. The molecule has 0 saturated carbocycles. The van der Waals surface area contributed by atoms with Gasteiger partial charge in [-0.05, 0) is 37.1 Å². The highest BCUT2D eigenvalue weighted by molar-refractivity contribution is 6.32. The van der Waals surface area contributed by atoms with Gasteiger partial charge in [0.05, 0.1) is 24.9 Å². The second-order valence-electron chi connectivity index (χ2n) is 3.94. The molecule has 1 aliphatic rings. The van der Waals surface area contributed by atoms with Crippen LogP contribution in [-0.4, -0.2) is 19.8 Å². The van der Waals surface area contributed by atoms with E-state index in [1.807, 2.05) is 24.3 Å². The maximum atomic E-state index is 6.04. The van der Waals surface area contributed by atoms with Crippen molar-refractivity contribution in [2.75, 3.05) is 19.0 Å². The van der Waals surface area contributed by atoms with Gasteiger partial charge < -0.3 is 14.8 Å². The van der Waals surface area contributed by atoms with Crippen LogP contribution in [-0.2, 0) is 4.74 Å². The average Bonchev–Trinajstić information content (AvgIpc) is 2.38. The molecular weight excluding hydrogens is 238 g/mol. The summed E-state index contributed by atoms with van der Waals surface area (Å²) in [6.07, 6.45) is 6.18. The number of allylic oxidation sites excluding steroid dienone is 1. The number of nitrogens with one attached hydrogen (secondary N) is 1. The molecule has 3 nitrogen and oxygen atoms in total. The zero-order valence-corrected chi connectivity index (χ0v) is 10.5. The fourth-order valence-corrected chi connectivity index (χ4v) is 2.00. The molecule has 0 aliphatic carbocycles. The Morgan fingerprint density at radius 1 is 1.53 bits per heavy atom. The van der Waals surface area contributed by atoms with Gasteiger partial charge in [-0.3, -0.25) is 0 Å². The first kappa shape index (κ1) is 12.1. The van der Waals surface area contributed by atoms with Crippen LogP contribution in [0.4, 0.5) is 5.69 Å². The highest BCUT2D eigenvalue weighted by Crippen LogP contribution is 2.27. The third-order valence-corrected chi connectivity index (χ3v) is 3.00. The summed E-state index contributed by atoms with van der Waals surface area (Å²) in [5.74, 6) is 0.689. The molecule has 1 aliphatic heterocycles. The minimum atomic E-state index is 0.237. The molecule has 1 heterocycles. The van der Waals surface area contributed by atoms with Crippen LogP contribution in [0.2, 0.25) is 5.02 Å². The SMILES string of the molecule is COc1ccc(NCC2CCC=CO2)cc1Cl. The van der Waals surface area contributed by atoms with Crippen molar-refractivity contribution in [3.8, 4) is 5.75 Å². The van der Waals surface area contributed by atoms with Crippen molar-refractivity contribution in [3.63, 3.8) is 0 Å². The van der Waals surface area contributed by atoms with Crippen LogP contribution in [0.15, 0.2) is 30.5 Å². The number of halogens is 1. The maximum absolute atomic E-state index is 6.04. The minimum absolute atomic E-state index is 0.237. The molecule has 1 aromatic rings. The second kappa shape index (κ2) is 5.82. The summed E-state index contributed by atoms with van der Waals surface area (Å²) >= 11 is 6.04. The fraction of sp³-hybridized carbons (Fsp3) is 0.385. The molecular formula is C13H16ClNO2. The highest BCUT2D eigenvalue weighted by Gasteiger charge is 2.10. The van der Waals surface area contributed by atoms with Gasteiger partial charge in [-0.15, -0.1) is 0 Å². The van der Waals surface area contributed by atoms with Gasteiger partial charge in [0.15, 0.2) is 0 Å². The molecule has 0 radical (unpaired) electrons. The van der Waals surface area contributed by atoms with E-state index in [-0.39, 0.29) is 6.10 Å². The van der Waals surface area contributed by atoms with Crippen LogP contribution in [0.25, 0.3) is 0 Å². The third kappa shape index (κ3) is 3.30. The van der Waals surface area contributed by atoms with Gasteiger partial charge in [-0.1, -0.05) is 11.6 Å². The van der Waals surface area contributed by atoms with E-state index in [2.05, 4.69) is 5.32 Å². The molecule has 0 spiro atoms. The summed E-state index contributed by atoms with van der Waals surface area (Å²) in [7, 11) is 1.61. The summed E-state index contributed by atoms with van der Waals surface area (Å²) in [6, 6.07) is 5.66. The van der Waals surface area contributed by atoms with E-state index in [0.717, 1.165) is 25.1 Å². The number of methoxy groups -OCH3 is 1. The molecule has 0 fully saturated rings. The van der Waals surface area contributed by atoms with Crippen molar-refractivity contribution in [2.45, 2.75) is 18.9 Å². The number of hydrogen-bond acceptors (Lipinski definition) is 3. The smallest absolute Gasteiger partial charge is 0.137 e. The molecule has 92 valence electrons. The summed E-state index contributed by atoms with van der Waals surface area (Å²) in [5.41, 5.74) is 0.981. The lowest BCUT2D eigenvalue weighted by Gasteiger charge is -2.20. The number of anilines is 1. The molecule has 0 aromatic heterocycles. The van der Waals surface area contributed by atoms with E-state index in [9.17, 15) is 0 Å². The first-order valence-electron chi connectivity index (χ1n) is 5.67. The Morgan fingerprint density at radius 3 is 3.06 bits per heavy atom. The van der Waals surface area contributed by atoms with Crippen molar-refractivity contribution in [1.82, 2.24) is 0 Å². The van der Waals surface area contributed by atoms with E-state index in [1.54, 1.807) is 13.4 Å². The summed E-state index contributed by atoms with van der Waals surface area (Å²) in [5, 5.41) is 3.92. The summed E-state index contributed by atoms with van der Waals surface area (Å²) in [4.78, 5) is 0. The van der Waals surface area contributed by atoms with Gasteiger partial charge in [-0.2, -0.15) is 0 Å². The van der Waals surface area contributed by atoms with Crippen LogP contribution in [0.1, 0.15) is 12.8 Å². The minimum Gasteiger partial charge on any atom is -0.497 e. The first-order valence-corrected chi connectivity index (χ1v) is 6.05. The van der Waals surface area contributed by atoms with Crippen molar-refractivity contribution in [3.05, 3.63) is 35.6 Å². The van der Waals surface area contributed by atoms with Crippen LogP contribution >= 0.6 is 11.6 Å². The summed E-state index contributed by atoms with van der Waals surface area (Å²) < 4.78 is 10.6. The largest absolute Gasteiger partial charge is 0.497 e. The zero-order chi connectivity index (χ0) is 12.1. The van der Waals surface area contributed by atoms with Crippen molar-refractivity contribution in [2.24, 2.45) is 0 Å². The van der Waals surface area contributed by atoms with Crippen LogP contribution < -0.4 is 10.1 Å². The molecule has 1 unspecified atom stereocenters. The Kier molecular flexibility index (Phi) is 4.15. The van der Waals surface area contributed by atoms with Gasteiger partial charge in [0.25, 0.3) is 0 Å². The monoisotopic (exact) mass is 253 g/mol. The topological polar surface area (TPSA) is 30.5 Å². The van der Waals surface area contributed by atoms with E-state index >= 15 is 0 Å². The van der Waals surface area contributed by atoms with Crippen molar-refractivity contribution >= 4 is 17.3 Å². The molecule has 0 saturated heterocycles. The standard InChI is InChI=1S/C13H16ClNO2/c1-16-13-6-5-10(8-12(13)14)15-9-11-4-2-3-7-17-11/h3,5-8,11,15H,2,4,9H2,1H3. The fourth-order valence-electron chi connectivity index (χ4n) is 1.74. The lowest BCUT2D eigenvalue weighted by Crippen LogP contribution is -2.22. The molecule has 1 aromatic carbocycles. The number of hydrogen-bond donors (Lipinski definition) is 1. The normalized spacial score (nSPS) is 18.6. The molecule has 4 heteroatoms. The van der Waals surface area contributed by atoms with Crippen molar-refractivity contribution in [1.29, 1.82) is 0 Å². The van der Waals surface area contributed by atoms with Crippen LogP contribution in [0.3, 0.4) is 0 Å². The quantitative estimate of drug-likeness (QED) is 0.892. The van der Waals surface area contributed by atoms with E-state index in [1.165, 1.54) is 0 Å². The van der Waals surface area contributed by atoms with Crippen LogP contribution in [0, 0.1) is 0 Å². The Hall–Kier alpha value is -1.35. The van der Waals surface area contributed by atoms with Gasteiger partial charge in [0, 0.05) is 5.69 Å². The number of rotatable bonds is 4. The molecule has 2 rings (SSSR count). The lowest BCUT2D eigenvalue weighted by atomic mass is 10.1. The number of benzene rings is 1. The molecule has 17 heavy (non-hydrogen) atoms.